The molecule has 3 unspecified atom stereocenters. The molecule has 1 aliphatic rings. The van der Waals surface area contributed by atoms with Gasteiger partial charge in [0.25, 0.3) is 0 Å². The van der Waals surface area contributed by atoms with Gasteiger partial charge in [0.2, 0.25) is 0 Å². The molecule has 0 heterocycles. The van der Waals surface area contributed by atoms with Gasteiger partial charge in [-0.25, -0.2) is 0 Å². The summed E-state index contributed by atoms with van der Waals surface area (Å²) in [5, 5.41) is 3.57. The highest BCUT2D eigenvalue weighted by Gasteiger charge is 2.22. The van der Waals surface area contributed by atoms with Crippen molar-refractivity contribution >= 4 is 5.97 Å². The summed E-state index contributed by atoms with van der Waals surface area (Å²) in [6, 6.07) is 0.792. The molecular formula is C13H25NO2. The maximum Gasteiger partial charge on any atom is 0.307 e. The SMILES string of the molecule is COC(=O)CC(C)NC1CCCCCC1C. The van der Waals surface area contributed by atoms with E-state index in [0.29, 0.717) is 12.5 Å². The first-order chi connectivity index (χ1) is 7.63. The minimum absolute atomic E-state index is 0.124. The highest BCUT2D eigenvalue weighted by molar-refractivity contribution is 5.69. The van der Waals surface area contributed by atoms with Crippen LogP contribution in [0.15, 0.2) is 0 Å². The Morgan fingerprint density at radius 3 is 2.75 bits per heavy atom. The van der Waals surface area contributed by atoms with Crippen LogP contribution >= 0.6 is 0 Å². The van der Waals surface area contributed by atoms with Crippen LogP contribution in [0.5, 0.6) is 0 Å². The van der Waals surface area contributed by atoms with Gasteiger partial charge in [0, 0.05) is 12.1 Å². The van der Waals surface area contributed by atoms with E-state index in [-0.39, 0.29) is 12.0 Å². The van der Waals surface area contributed by atoms with Crippen molar-refractivity contribution in [1.29, 1.82) is 0 Å². The summed E-state index contributed by atoms with van der Waals surface area (Å²) in [7, 11) is 1.45. The van der Waals surface area contributed by atoms with Crippen molar-refractivity contribution in [2.24, 2.45) is 5.92 Å². The van der Waals surface area contributed by atoms with Gasteiger partial charge < -0.3 is 10.1 Å². The van der Waals surface area contributed by atoms with E-state index in [1.54, 1.807) is 0 Å². The van der Waals surface area contributed by atoms with Crippen LogP contribution in [0.4, 0.5) is 0 Å². The number of esters is 1. The Kier molecular flexibility index (Phi) is 5.81. The Bertz CT molecular complexity index is 218. The Morgan fingerprint density at radius 1 is 1.38 bits per heavy atom. The topological polar surface area (TPSA) is 38.3 Å². The van der Waals surface area contributed by atoms with E-state index >= 15 is 0 Å². The van der Waals surface area contributed by atoms with Gasteiger partial charge in [-0.2, -0.15) is 0 Å². The number of ether oxygens (including phenoxy) is 1. The van der Waals surface area contributed by atoms with E-state index in [1.807, 2.05) is 0 Å². The quantitative estimate of drug-likeness (QED) is 0.592. The second-order valence-electron chi connectivity index (χ2n) is 5.07. The first-order valence-corrected chi connectivity index (χ1v) is 6.46. The molecule has 1 fully saturated rings. The van der Waals surface area contributed by atoms with Crippen LogP contribution in [-0.2, 0) is 9.53 Å². The zero-order valence-corrected chi connectivity index (χ0v) is 10.8. The van der Waals surface area contributed by atoms with Crippen LogP contribution in [-0.4, -0.2) is 25.2 Å². The Balaban J connectivity index is 2.35. The fourth-order valence-corrected chi connectivity index (χ4v) is 2.50. The lowest BCUT2D eigenvalue weighted by atomic mass is 9.96. The lowest BCUT2D eigenvalue weighted by molar-refractivity contribution is -0.141. The summed E-state index contributed by atoms with van der Waals surface area (Å²) in [5.41, 5.74) is 0. The minimum atomic E-state index is -0.124. The summed E-state index contributed by atoms with van der Waals surface area (Å²) >= 11 is 0. The average molecular weight is 227 g/mol. The van der Waals surface area contributed by atoms with Crippen molar-refractivity contribution in [2.45, 2.75) is 64.5 Å². The predicted molar refractivity (Wildman–Crippen MR) is 65.3 cm³/mol. The molecule has 0 aromatic rings. The van der Waals surface area contributed by atoms with Gasteiger partial charge in [0.05, 0.1) is 13.5 Å². The van der Waals surface area contributed by atoms with Crippen LogP contribution in [0, 0.1) is 5.92 Å². The molecule has 16 heavy (non-hydrogen) atoms. The van der Waals surface area contributed by atoms with Crippen LogP contribution in [0.3, 0.4) is 0 Å². The molecule has 3 atom stereocenters. The van der Waals surface area contributed by atoms with Crippen molar-refractivity contribution in [3.63, 3.8) is 0 Å². The third kappa shape index (κ3) is 4.52. The molecule has 1 aliphatic carbocycles. The van der Waals surface area contributed by atoms with Crippen LogP contribution < -0.4 is 5.32 Å². The Labute approximate surface area is 98.9 Å². The largest absolute Gasteiger partial charge is 0.469 e. The molecule has 3 heteroatoms. The third-order valence-electron chi connectivity index (χ3n) is 3.56. The zero-order valence-electron chi connectivity index (χ0n) is 10.8. The number of rotatable bonds is 4. The van der Waals surface area contributed by atoms with E-state index in [4.69, 9.17) is 0 Å². The van der Waals surface area contributed by atoms with Gasteiger partial charge in [0.1, 0.15) is 0 Å². The normalized spacial score (nSPS) is 28.2. The highest BCUT2D eigenvalue weighted by Crippen LogP contribution is 2.23. The minimum Gasteiger partial charge on any atom is -0.469 e. The molecule has 94 valence electrons. The molecule has 0 amide bonds. The van der Waals surface area contributed by atoms with Crippen molar-refractivity contribution in [3.8, 4) is 0 Å². The van der Waals surface area contributed by atoms with E-state index in [1.165, 1.54) is 39.2 Å². The third-order valence-corrected chi connectivity index (χ3v) is 3.56. The number of methoxy groups -OCH3 is 1. The summed E-state index contributed by atoms with van der Waals surface area (Å²) in [4.78, 5) is 11.2. The Morgan fingerprint density at radius 2 is 2.06 bits per heavy atom. The van der Waals surface area contributed by atoms with Crippen molar-refractivity contribution in [2.75, 3.05) is 7.11 Å². The number of hydrogen-bond acceptors (Lipinski definition) is 3. The molecule has 0 aromatic carbocycles. The van der Waals surface area contributed by atoms with Crippen LogP contribution in [0.2, 0.25) is 0 Å². The van der Waals surface area contributed by atoms with Gasteiger partial charge in [-0.3, -0.25) is 4.79 Å². The molecule has 0 saturated heterocycles. The molecule has 0 spiro atoms. The van der Waals surface area contributed by atoms with E-state index in [2.05, 4.69) is 23.9 Å². The summed E-state index contributed by atoms with van der Waals surface area (Å²) in [6.45, 7) is 4.38. The second-order valence-corrected chi connectivity index (χ2v) is 5.07. The van der Waals surface area contributed by atoms with Crippen molar-refractivity contribution in [3.05, 3.63) is 0 Å². The maximum absolute atomic E-state index is 11.2. The fourth-order valence-electron chi connectivity index (χ4n) is 2.50. The first-order valence-electron chi connectivity index (χ1n) is 6.46. The number of carbonyl (C=O) groups excluding carboxylic acids is 1. The number of nitrogens with one attached hydrogen (secondary N) is 1. The molecular weight excluding hydrogens is 202 g/mol. The smallest absolute Gasteiger partial charge is 0.307 e. The predicted octanol–water partition coefficient (Wildman–Crippen LogP) is 2.50. The van der Waals surface area contributed by atoms with Crippen molar-refractivity contribution in [1.82, 2.24) is 5.32 Å². The molecule has 0 aromatic heterocycles. The molecule has 0 bridgehead atoms. The zero-order chi connectivity index (χ0) is 12.0. The highest BCUT2D eigenvalue weighted by atomic mass is 16.5. The molecule has 0 aliphatic heterocycles. The molecule has 1 saturated carbocycles. The number of hydrogen-bond donors (Lipinski definition) is 1. The first kappa shape index (κ1) is 13.5. The lowest BCUT2D eigenvalue weighted by Crippen LogP contribution is -2.41. The second kappa shape index (κ2) is 6.89. The van der Waals surface area contributed by atoms with Gasteiger partial charge in [-0.05, 0) is 25.7 Å². The monoisotopic (exact) mass is 227 g/mol. The summed E-state index contributed by atoms with van der Waals surface area (Å²) in [6.07, 6.45) is 7.04. The van der Waals surface area contributed by atoms with Gasteiger partial charge >= 0.3 is 5.97 Å². The standard InChI is InChI=1S/C13H25NO2/c1-10-7-5-4-6-8-12(10)14-11(2)9-13(15)16-3/h10-12,14H,4-9H2,1-3H3. The van der Waals surface area contributed by atoms with E-state index in [9.17, 15) is 4.79 Å². The van der Waals surface area contributed by atoms with Gasteiger partial charge in [0.15, 0.2) is 0 Å². The Hall–Kier alpha value is -0.570. The summed E-state index contributed by atoms with van der Waals surface area (Å²) < 4.78 is 4.68. The molecule has 0 radical (unpaired) electrons. The molecule has 1 N–H and O–H groups in total. The van der Waals surface area contributed by atoms with E-state index < -0.39 is 0 Å². The average Bonchev–Trinajstić information content (AvgIpc) is 2.44. The van der Waals surface area contributed by atoms with Crippen molar-refractivity contribution < 1.29 is 9.53 Å². The number of carbonyl (C=O) groups is 1. The van der Waals surface area contributed by atoms with Gasteiger partial charge in [-0.15, -0.1) is 0 Å². The van der Waals surface area contributed by atoms with Crippen LogP contribution in [0.1, 0.15) is 52.4 Å². The molecule has 1 rings (SSSR count). The summed E-state index contributed by atoms with van der Waals surface area (Å²) in [5.74, 6) is 0.601. The van der Waals surface area contributed by atoms with Crippen LogP contribution in [0.25, 0.3) is 0 Å². The molecule has 3 nitrogen and oxygen atoms in total. The van der Waals surface area contributed by atoms with E-state index in [0.717, 1.165) is 5.92 Å². The van der Waals surface area contributed by atoms with Gasteiger partial charge in [-0.1, -0.05) is 26.2 Å². The lowest BCUT2D eigenvalue weighted by Gasteiger charge is -2.26. The maximum atomic E-state index is 11.2. The fraction of sp³-hybridized carbons (Fsp3) is 0.923.